The van der Waals surface area contributed by atoms with E-state index in [0.717, 1.165) is 22.1 Å². The van der Waals surface area contributed by atoms with E-state index in [9.17, 15) is 4.79 Å². The average molecular weight is 472 g/mol. The number of benzene rings is 2. The Morgan fingerprint density at radius 2 is 1.82 bits per heavy atom. The average Bonchev–Trinajstić information content (AvgIpc) is 3.23. The summed E-state index contributed by atoms with van der Waals surface area (Å²) in [4.78, 5) is 20.9. The van der Waals surface area contributed by atoms with Crippen molar-refractivity contribution in [3.05, 3.63) is 101 Å². The van der Waals surface area contributed by atoms with E-state index in [-0.39, 0.29) is 5.56 Å². The molecular formula is C25H18ClN5OS. The molecule has 162 valence electrons. The lowest BCUT2D eigenvalue weighted by molar-refractivity contribution is 0.731. The Morgan fingerprint density at radius 3 is 2.58 bits per heavy atom. The van der Waals surface area contributed by atoms with Crippen LogP contribution in [-0.2, 0) is 6.54 Å². The van der Waals surface area contributed by atoms with Crippen LogP contribution in [0.3, 0.4) is 0 Å². The molecule has 8 heteroatoms. The molecule has 0 aliphatic carbocycles. The Hall–Kier alpha value is -3.68. The molecule has 0 fully saturated rings. The number of hydrogen-bond acceptors (Lipinski definition) is 5. The molecule has 2 aromatic carbocycles. The Balaban J connectivity index is 1.71. The summed E-state index contributed by atoms with van der Waals surface area (Å²) in [6, 6.07) is 19.1. The van der Waals surface area contributed by atoms with Crippen molar-refractivity contribution in [2.75, 3.05) is 0 Å². The largest absolute Gasteiger partial charge is 0.321 e. The third-order valence-electron chi connectivity index (χ3n) is 5.16. The summed E-state index contributed by atoms with van der Waals surface area (Å²) in [5.74, 6) is 0.685. The van der Waals surface area contributed by atoms with Crippen LogP contribution in [-0.4, -0.2) is 24.7 Å². The van der Waals surface area contributed by atoms with E-state index in [4.69, 9.17) is 11.6 Å². The van der Waals surface area contributed by atoms with E-state index in [2.05, 4.69) is 26.7 Å². The Morgan fingerprint density at radius 1 is 1.03 bits per heavy atom. The van der Waals surface area contributed by atoms with Crippen LogP contribution in [0.4, 0.5) is 0 Å². The number of rotatable bonds is 6. The first-order valence-electron chi connectivity index (χ1n) is 10.2. The number of fused-ring (bicyclic) bond motifs is 1. The summed E-state index contributed by atoms with van der Waals surface area (Å²) in [7, 11) is 0. The van der Waals surface area contributed by atoms with Gasteiger partial charge in [0, 0.05) is 40.5 Å². The molecule has 0 saturated heterocycles. The second kappa shape index (κ2) is 9.05. The fraction of sp³-hybridized carbons (Fsp3) is 0.0400. The lowest BCUT2D eigenvalue weighted by Gasteiger charge is -2.13. The zero-order chi connectivity index (χ0) is 22.8. The fourth-order valence-corrected chi connectivity index (χ4v) is 4.89. The fourth-order valence-electron chi connectivity index (χ4n) is 3.71. The van der Waals surface area contributed by atoms with Crippen LogP contribution in [0, 0.1) is 0 Å². The van der Waals surface area contributed by atoms with Crippen LogP contribution in [0.15, 0.2) is 101 Å². The summed E-state index contributed by atoms with van der Waals surface area (Å²) in [6.07, 6.45) is 5.20. The first kappa shape index (κ1) is 21.2. The van der Waals surface area contributed by atoms with Gasteiger partial charge in [-0.25, -0.2) is 0 Å². The summed E-state index contributed by atoms with van der Waals surface area (Å²) < 4.78 is 1.94. The minimum absolute atomic E-state index is 0.216. The van der Waals surface area contributed by atoms with Gasteiger partial charge in [-0.3, -0.25) is 14.3 Å². The summed E-state index contributed by atoms with van der Waals surface area (Å²) in [5.41, 5.74) is 3.11. The standard InChI is InChI=1S/C25H18ClN5OS/c1-2-14-31-23(17-10-12-27-13-11-17)29-30-25(31)33-22-21(16-6-4-3-5-7-16)19-9-8-18(26)15-20(19)28-24(22)32/h2-13,15H,1,14H2,(H,28,32). The van der Waals surface area contributed by atoms with Crippen molar-refractivity contribution in [3.8, 4) is 22.5 Å². The number of hydrogen-bond donors (Lipinski definition) is 1. The number of aromatic amines is 1. The van der Waals surface area contributed by atoms with Crippen molar-refractivity contribution in [3.63, 3.8) is 0 Å². The number of allylic oxidation sites excluding steroid dienone is 1. The van der Waals surface area contributed by atoms with Crippen LogP contribution in [0.1, 0.15) is 0 Å². The minimum atomic E-state index is -0.216. The van der Waals surface area contributed by atoms with Gasteiger partial charge in [0.2, 0.25) is 0 Å². The second-order valence-corrected chi connectivity index (χ2v) is 8.67. The molecule has 0 spiro atoms. The van der Waals surface area contributed by atoms with E-state index in [1.54, 1.807) is 24.5 Å². The van der Waals surface area contributed by atoms with Crippen molar-refractivity contribution in [1.82, 2.24) is 24.7 Å². The van der Waals surface area contributed by atoms with Gasteiger partial charge in [0.25, 0.3) is 5.56 Å². The maximum Gasteiger partial charge on any atom is 0.263 e. The first-order valence-corrected chi connectivity index (χ1v) is 11.4. The second-order valence-electron chi connectivity index (χ2n) is 7.26. The number of nitrogens with zero attached hydrogens (tertiary/aromatic N) is 4. The molecule has 3 aromatic heterocycles. The Labute approximate surface area is 199 Å². The van der Waals surface area contributed by atoms with Crippen LogP contribution < -0.4 is 5.56 Å². The van der Waals surface area contributed by atoms with Crippen LogP contribution in [0.2, 0.25) is 5.02 Å². The highest BCUT2D eigenvalue weighted by Crippen LogP contribution is 2.38. The summed E-state index contributed by atoms with van der Waals surface area (Å²) in [5, 5.41) is 10.9. The molecule has 5 rings (SSSR count). The number of nitrogens with one attached hydrogen (secondary N) is 1. The number of pyridine rings is 2. The maximum atomic E-state index is 13.3. The predicted molar refractivity (Wildman–Crippen MR) is 133 cm³/mol. The molecule has 0 aliphatic heterocycles. The van der Waals surface area contributed by atoms with Crippen molar-refractivity contribution in [2.45, 2.75) is 16.6 Å². The van der Waals surface area contributed by atoms with E-state index >= 15 is 0 Å². The highest BCUT2D eigenvalue weighted by atomic mass is 35.5. The monoisotopic (exact) mass is 471 g/mol. The third-order valence-corrected chi connectivity index (χ3v) is 6.47. The highest BCUT2D eigenvalue weighted by Gasteiger charge is 2.20. The molecule has 0 atom stereocenters. The molecule has 5 aromatic rings. The molecule has 6 nitrogen and oxygen atoms in total. The van der Waals surface area contributed by atoms with Crippen LogP contribution in [0.5, 0.6) is 0 Å². The predicted octanol–water partition coefficient (Wildman–Crippen LogP) is 5.84. The maximum absolute atomic E-state index is 13.3. The Bertz CT molecular complexity index is 1510. The SMILES string of the molecule is C=CCn1c(Sc2c(-c3ccccc3)c3ccc(Cl)cc3[nH]c2=O)nnc1-c1ccncc1. The third kappa shape index (κ3) is 4.08. The topological polar surface area (TPSA) is 76.5 Å². The van der Waals surface area contributed by atoms with Gasteiger partial charge in [-0.1, -0.05) is 54.1 Å². The number of H-pyrrole nitrogens is 1. The molecule has 0 bridgehead atoms. The summed E-state index contributed by atoms with van der Waals surface area (Å²) in [6.45, 7) is 4.37. The van der Waals surface area contributed by atoms with Gasteiger partial charge in [0.1, 0.15) is 0 Å². The van der Waals surface area contributed by atoms with E-state index in [0.29, 0.717) is 33.0 Å². The normalized spacial score (nSPS) is 11.1. The molecule has 0 unspecified atom stereocenters. The van der Waals surface area contributed by atoms with Crippen molar-refractivity contribution in [2.24, 2.45) is 0 Å². The molecule has 0 saturated carbocycles. The van der Waals surface area contributed by atoms with Gasteiger partial charge in [-0.15, -0.1) is 16.8 Å². The highest BCUT2D eigenvalue weighted by molar-refractivity contribution is 7.99. The molecule has 0 aliphatic rings. The first-order chi connectivity index (χ1) is 16.2. The van der Waals surface area contributed by atoms with Gasteiger partial charge in [-0.2, -0.15) is 0 Å². The molecular weight excluding hydrogens is 454 g/mol. The molecule has 0 radical (unpaired) electrons. The van der Waals surface area contributed by atoms with E-state index in [1.807, 2.05) is 59.2 Å². The smallest absolute Gasteiger partial charge is 0.263 e. The zero-order valence-corrected chi connectivity index (χ0v) is 19.0. The lowest BCUT2D eigenvalue weighted by atomic mass is 10.0. The van der Waals surface area contributed by atoms with Crippen molar-refractivity contribution >= 4 is 34.3 Å². The van der Waals surface area contributed by atoms with Gasteiger partial charge in [0.05, 0.1) is 10.4 Å². The Kier molecular flexibility index (Phi) is 5.81. The van der Waals surface area contributed by atoms with Gasteiger partial charge < -0.3 is 4.98 Å². The number of halogens is 1. The zero-order valence-electron chi connectivity index (χ0n) is 17.4. The van der Waals surface area contributed by atoms with Gasteiger partial charge in [-0.05, 0) is 41.6 Å². The molecule has 3 heterocycles. The summed E-state index contributed by atoms with van der Waals surface area (Å²) >= 11 is 7.48. The lowest BCUT2D eigenvalue weighted by Crippen LogP contribution is -2.11. The minimum Gasteiger partial charge on any atom is -0.321 e. The molecule has 0 amide bonds. The van der Waals surface area contributed by atoms with Crippen molar-refractivity contribution in [1.29, 1.82) is 0 Å². The van der Waals surface area contributed by atoms with Crippen LogP contribution >= 0.6 is 23.4 Å². The number of aromatic nitrogens is 5. The van der Waals surface area contributed by atoms with Gasteiger partial charge >= 0.3 is 0 Å². The van der Waals surface area contributed by atoms with Gasteiger partial charge in [0.15, 0.2) is 11.0 Å². The molecule has 1 N–H and O–H groups in total. The van der Waals surface area contributed by atoms with E-state index in [1.165, 1.54) is 11.8 Å². The molecule has 33 heavy (non-hydrogen) atoms. The van der Waals surface area contributed by atoms with Crippen LogP contribution in [0.25, 0.3) is 33.4 Å². The van der Waals surface area contributed by atoms with E-state index < -0.39 is 0 Å². The quantitative estimate of drug-likeness (QED) is 0.315. The van der Waals surface area contributed by atoms with Crippen molar-refractivity contribution < 1.29 is 0 Å².